The minimum absolute atomic E-state index is 0.0399. The van der Waals surface area contributed by atoms with Crippen molar-refractivity contribution in [2.45, 2.75) is 39.2 Å². The zero-order chi connectivity index (χ0) is 15.5. The van der Waals surface area contributed by atoms with Gasteiger partial charge in [0.15, 0.2) is 0 Å². The van der Waals surface area contributed by atoms with Gasteiger partial charge < -0.3 is 15.8 Å². The van der Waals surface area contributed by atoms with E-state index < -0.39 is 0 Å². The van der Waals surface area contributed by atoms with Crippen LogP contribution in [0.5, 0.6) is 5.75 Å². The van der Waals surface area contributed by atoms with Crippen LogP contribution >= 0.6 is 0 Å². The molecule has 0 aliphatic carbocycles. The molecule has 4 nitrogen and oxygen atoms in total. The highest BCUT2D eigenvalue weighted by Gasteiger charge is 2.31. The Hall–Kier alpha value is -1.55. The summed E-state index contributed by atoms with van der Waals surface area (Å²) in [6, 6.07) is 7.90. The van der Waals surface area contributed by atoms with Crippen LogP contribution in [0.25, 0.3) is 0 Å². The van der Waals surface area contributed by atoms with Gasteiger partial charge in [0, 0.05) is 12.1 Å². The van der Waals surface area contributed by atoms with E-state index in [0.29, 0.717) is 19.1 Å². The van der Waals surface area contributed by atoms with Gasteiger partial charge in [0.05, 0.1) is 5.92 Å². The molecule has 1 aliphatic heterocycles. The molecule has 0 fully saturated rings. The standard InChI is InChI=1S/C17H26N2O2/c1-12(2)9-17(3,11-18)19-16(20)14-8-13-6-4-5-7-15(13)21-10-14/h4-7,12,14H,8-11,18H2,1-3H3,(H,19,20). The molecule has 1 aromatic carbocycles. The lowest BCUT2D eigenvalue weighted by atomic mass is 9.89. The summed E-state index contributed by atoms with van der Waals surface area (Å²) >= 11 is 0. The van der Waals surface area contributed by atoms with Crippen LogP contribution in [0.3, 0.4) is 0 Å². The van der Waals surface area contributed by atoms with E-state index in [4.69, 9.17) is 10.5 Å². The van der Waals surface area contributed by atoms with Crippen molar-refractivity contribution < 1.29 is 9.53 Å². The van der Waals surface area contributed by atoms with Crippen LogP contribution in [-0.4, -0.2) is 24.6 Å². The molecule has 0 saturated heterocycles. The molecule has 1 aliphatic rings. The molecule has 2 rings (SSSR count). The molecule has 1 heterocycles. The average Bonchev–Trinajstić information content (AvgIpc) is 2.45. The first-order chi connectivity index (χ1) is 9.93. The topological polar surface area (TPSA) is 64.3 Å². The van der Waals surface area contributed by atoms with Gasteiger partial charge in [-0.05, 0) is 37.3 Å². The molecule has 0 spiro atoms. The van der Waals surface area contributed by atoms with Gasteiger partial charge in [-0.3, -0.25) is 4.79 Å². The number of hydrogen-bond donors (Lipinski definition) is 2. The Labute approximate surface area is 127 Å². The Morgan fingerprint density at radius 2 is 2.19 bits per heavy atom. The molecule has 2 atom stereocenters. The van der Waals surface area contributed by atoms with Gasteiger partial charge in [-0.2, -0.15) is 0 Å². The summed E-state index contributed by atoms with van der Waals surface area (Å²) in [5.74, 6) is 1.28. The Morgan fingerprint density at radius 3 is 2.86 bits per heavy atom. The van der Waals surface area contributed by atoms with Crippen molar-refractivity contribution in [2.75, 3.05) is 13.2 Å². The molecule has 0 aromatic heterocycles. The summed E-state index contributed by atoms with van der Waals surface area (Å²) in [4.78, 5) is 12.5. The Morgan fingerprint density at radius 1 is 1.48 bits per heavy atom. The number of nitrogens with one attached hydrogen (secondary N) is 1. The maximum atomic E-state index is 12.5. The largest absolute Gasteiger partial charge is 0.492 e. The summed E-state index contributed by atoms with van der Waals surface area (Å²) in [6.45, 7) is 7.18. The van der Waals surface area contributed by atoms with Gasteiger partial charge in [0.25, 0.3) is 0 Å². The number of carbonyl (C=O) groups is 1. The highest BCUT2D eigenvalue weighted by atomic mass is 16.5. The maximum absolute atomic E-state index is 12.5. The molecule has 0 saturated carbocycles. The minimum Gasteiger partial charge on any atom is -0.492 e. The lowest BCUT2D eigenvalue weighted by molar-refractivity contribution is -0.128. The van der Waals surface area contributed by atoms with Gasteiger partial charge in [-0.25, -0.2) is 0 Å². The van der Waals surface area contributed by atoms with Crippen molar-refractivity contribution in [3.05, 3.63) is 29.8 Å². The second kappa shape index (κ2) is 6.48. The monoisotopic (exact) mass is 290 g/mol. The Balaban J connectivity index is 2.01. The number of carbonyl (C=O) groups excluding carboxylic acids is 1. The van der Waals surface area contributed by atoms with Crippen LogP contribution in [0.2, 0.25) is 0 Å². The number of benzene rings is 1. The predicted molar refractivity (Wildman–Crippen MR) is 84.2 cm³/mol. The lowest BCUT2D eigenvalue weighted by Crippen LogP contribution is -2.54. The number of amides is 1. The van der Waals surface area contributed by atoms with Crippen LogP contribution in [0.15, 0.2) is 24.3 Å². The minimum atomic E-state index is -0.345. The first-order valence-corrected chi connectivity index (χ1v) is 7.66. The van der Waals surface area contributed by atoms with E-state index in [0.717, 1.165) is 24.2 Å². The third kappa shape index (κ3) is 3.97. The number of nitrogens with two attached hydrogens (primary N) is 1. The highest BCUT2D eigenvalue weighted by Crippen LogP contribution is 2.27. The molecule has 2 unspecified atom stereocenters. The van der Waals surface area contributed by atoms with Crippen LogP contribution in [0, 0.1) is 11.8 Å². The first-order valence-electron chi connectivity index (χ1n) is 7.66. The number of hydrogen-bond acceptors (Lipinski definition) is 3. The van der Waals surface area contributed by atoms with Gasteiger partial charge in [-0.15, -0.1) is 0 Å². The van der Waals surface area contributed by atoms with Crippen molar-refractivity contribution in [1.82, 2.24) is 5.32 Å². The van der Waals surface area contributed by atoms with Gasteiger partial charge in [-0.1, -0.05) is 32.0 Å². The van der Waals surface area contributed by atoms with Gasteiger partial charge in [0.2, 0.25) is 5.91 Å². The fraction of sp³-hybridized carbons (Fsp3) is 0.588. The van der Waals surface area contributed by atoms with Crippen molar-refractivity contribution in [3.63, 3.8) is 0 Å². The molecule has 4 heteroatoms. The van der Waals surface area contributed by atoms with Crippen molar-refractivity contribution in [1.29, 1.82) is 0 Å². The summed E-state index contributed by atoms with van der Waals surface area (Å²) in [5, 5.41) is 3.13. The number of para-hydroxylation sites is 1. The zero-order valence-electron chi connectivity index (χ0n) is 13.2. The molecule has 21 heavy (non-hydrogen) atoms. The summed E-state index contributed by atoms with van der Waals surface area (Å²) in [7, 11) is 0. The zero-order valence-corrected chi connectivity index (χ0v) is 13.2. The van der Waals surface area contributed by atoms with Crippen molar-refractivity contribution >= 4 is 5.91 Å². The summed E-state index contributed by atoms with van der Waals surface area (Å²) in [6.07, 6.45) is 1.60. The van der Waals surface area contributed by atoms with E-state index in [1.165, 1.54) is 0 Å². The second-order valence-corrected chi connectivity index (χ2v) is 6.67. The van der Waals surface area contributed by atoms with E-state index in [-0.39, 0.29) is 17.4 Å². The highest BCUT2D eigenvalue weighted by molar-refractivity contribution is 5.80. The third-order valence-corrected chi connectivity index (χ3v) is 3.98. The SMILES string of the molecule is CC(C)CC(C)(CN)NC(=O)C1COc2ccccc2C1. The molecule has 1 aromatic rings. The van der Waals surface area contributed by atoms with Crippen molar-refractivity contribution in [3.8, 4) is 5.75 Å². The van der Waals surface area contributed by atoms with E-state index in [1.807, 2.05) is 31.2 Å². The van der Waals surface area contributed by atoms with Crippen LogP contribution < -0.4 is 15.8 Å². The smallest absolute Gasteiger partial charge is 0.227 e. The van der Waals surface area contributed by atoms with Crippen molar-refractivity contribution in [2.24, 2.45) is 17.6 Å². The summed E-state index contributed by atoms with van der Waals surface area (Å²) < 4.78 is 5.69. The lowest BCUT2D eigenvalue weighted by Gasteiger charge is -2.34. The van der Waals surface area contributed by atoms with Crippen LogP contribution in [0.4, 0.5) is 0 Å². The molecular formula is C17H26N2O2. The quantitative estimate of drug-likeness (QED) is 0.873. The maximum Gasteiger partial charge on any atom is 0.227 e. The fourth-order valence-corrected chi connectivity index (χ4v) is 2.98. The molecule has 0 radical (unpaired) electrons. The fourth-order valence-electron chi connectivity index (χ4n) is 2.98. The van der Waals surface area contributed by atoms with E-state index in [1.54, 1.807) is 0 Å². The average molecular weight is 290 g/mol. The molecular weight excluding hydrogens is 264 g/mol. The molecule has 1 amide bonds. The van der Waals surface area contributed by atoms with Crippen LogP contribution in [0.1, 0.15) is 32.8 Å². The van der Waals surface area contributed by atoms with E-state index in [9.17, 15) is 4.79 Å². The van der Waals surface area contributed by atoms with Gasteiger partial charge >= 0.3 is 0 Å². The molecule has 0 bridgehead atoms. The number of fused-ring (bicyclic) bond motifs is 1. The Bertz CT molecular complexity index is 501. The first kappa shape index (κ1) is 15.8. The molecule has 3 N–H and O–H groups in total. The van der Waals surface area contributed by atoms with E-state index >= 15 is 0 Å². The Kier molecular flexibility index (Phi) is 4.88. The predicted octanol–water partition coefficient (Wildman–Crippen LogP) is 2.12. The number of rotatable bonds is 5. The van der Waals surface area contributed by atoms with E-state index in [2.05, 4.69) is 19.2 Å². The third-order valence-electron chi connectivity index (χ3n) is 3.98. The van der Waals surface area contributed by atoms with Crippen LogP contribution in [-0.2, 0) is 11.2 Å². The molecule has 116 valence electrons. The second-order valence-electron chi connectivity index (χ2n) is 6.67. The normalized spacial score (nSPS) is 20.3. The summed E-state index contributed by atoms with van der Waals surface area (Å²) in [5.41, 5.74) is 6.62. The number of ether oxygens (including phenoxy) is 1. The van der Waals surface area contributed by atoms with Gasteiger partial charge in [0.1, 0.15) is 12.4 Å².